The highest BCUT2D eigenvalue weighted by Gasteiger charge is 2.13. The maximum atomic E-state index is 10.8. The van der Waals surface area contributed by atoms with E-state index in [1.807, 2.05) is 6.92 Å². The Kier molecular flexibility index (Phi) is 6.98. The molecular weight excluding hydrogens is 200 g/mol. The van der Waals surface area contributed by atoms with Gasteiger partial charge in [0, 0.05) is 6.42 Å². The summed E-state index contributed by atoms with van der Waals surface area (Å²) in [7, 11) is 0. The number of carbonyl (C=O) groups is 1. The number of hydrogen-bond acceptors (Lipinski definition) is 2. The van der Waals surface area contributed by atoms with Crippen molar-refractivity contribution in [1.82, 2.24) is 0 Å². The molecule has 2 heteroatoms. The average molecular weight is 224 g/mol. The first-order valence-corrected chi connectivity index (χ1v) is 5.88. The summed E-state index contributed by atoms with van der Waals surface area (Å²) in [6, 6.07) is 0. The second-order valence-corrected chi connectivity index (χ2v) is 4.74. The van der Waals surface area contributed by atoms with E-state index in [9.17, 15) is 9.90 Å². The Morgan fingerprint density at radius 1 is 1.38 bits per heavy atom. The maximum Gasteiger partial charge on any atom is 0.133 e. The van der Waals surface area contributed by atoms with Crippen LogP contribution in [0.1, 0.15) is 52.9 Å². The lowest BCUT2D eigenvalue weighted by Gasteiger charge is -2.17. The minimum atomic E-state index is -0.738. The highest BCUT2D eigenvalue weighted by molar-refractivity contribution is 5.77. The van der Waals surface area contributed by atoms with Crippen molar-refractivity contribution in [3.05, 3.63) is 24.3 Å². The number of Topliss-reactive ketones (excluding diaryl/α,β-unsaturated/α-hetero) is 1. The van der Waals surface area contributed by atoms with Crippen LogP contribution in [0.3, 0.4) is 0 Å². The molecule has 0 aliphatic carbocycles. The first kappa shape index (κ1) is 15.1. The van der Waals surface area contributed by atoms with Crippen LogP contribution in [-0.2, 0) is 4.79 Å². The van der Waals surface area contributed by atoms with Crippen molar-refractivity contribution < 1.29 is 9.90 Å². The van der Waals surface area contributed by atoms with Gasteiger partial charge in [-0.05, 0) is 46.5 Å². The van der Waals surface area contributed by atoms with E-state index >= 15 is 0 Å². The Balaban J connectivity index is 3.68. The number of unbranched alkanes of at least 4 members (excludes halogenated alkanes) is 2. The van der Waals surface area contributed by atoms with Gasteiger partial charge in [0.25, 0.3) is 0 Å². The fourth-order valence-corrected chi connectivity index (χ4v) is 1.54. The van der Waals surface area contributed by atoms with E-state index in [-0.39, 0.29) is 5.78 Å². The number of allylic oxidation sites excluding steroid dienone is 2. The molecule has 0 aliphatic rings. The van der Waals surface area contributed by atoms with E-state index < -0.39 is 5.60 Å². The minimum Gasteiger partial charge on any atom is -0.386 e. The van der Waals surface area contributed by atoms with Crippen molar-refractivity contribution in [2.24, 2.45) is 0 Å². The molecule has 0 bridgehead atoms. The van der Waals surface area contributed by atoms with Crippen molar-refractivity contribution in [2.75, 3.05) is 0 Å². The van der Waals surface area contributed by atoms with E-state index in [1.54, 1.807) is 19.9 Å². The predicted molar refractivity (Wildman–Crippen MR) is 68.3 cm³/mol. The van der Waals surface area contributed by atoms with Gasteiger partial charge in [-0.2, -0.15) is 0 Å². The fourth-order valence-electron chi connectivity index (χ4n) is 1.54. The van der Waals surface area contributed by atoms with E-state index in [4.69, 9.17) is 0 Å². The van der Waals surface area contributed by atoms with Crippen LogP contribution in [-0.4, -0.2) is 16.5 Å². The summed E-state index contributed by atoms with van der Waals surface area (Å²) < 4.78 is 0. The Morgan fingerprint density at radius 2 is 2.00 bits per heavy atom. The monoisotopic (exact) mass is 224 g/mol. The molecule has 0 aliphatic heterocycles. The van der Waals surface area contributed by atoms with Gasteiger partial charge in [0.05, 0.1) is 5.60 Å². The van der Waals surface area contributed by atoms with Gasteiger partial charge in [-0.15, -0.1) is 6.58 Å². The molecule has 0 saturated carbocycles. The molecule has 0 aromatic carbocycles. The van der Waals surface area contributed by atoms with Gasteiger partial charge >= 0.3 is 0 Å². The van der Waals surface area contributed by atoms with Crippen molar-refractivity contribution in [3.8, 4) is 0 Å². The number of hydrogen-bond donors (Lipinski definition) is 1. The second-order valence-electron chi connectivity index (χ2n) is 4.74. The zero-order valence-corrected chi connectivity index (χ0v) is 10.8. The maximum absolute atomic E-state index is 10.8. The van der Waals surface area contributed by atoms with Crippen molar-refractivity contribution >= 4 is 5.78 Å². The van der Waals surface area contributed by atoms with Crippen LogP contribution >= 0.6 is 0 Å². The SMILES string of the molecule is C=CC(C)(O)CCCCC=C(C)CC(C)=O. The number of carbonyl (C=O) groups excluding carboxylic acids is 1. The molecule has 0 heterocycles. The Hall–Kier alpha value is -0.890. The summed E-state index contributed by atoms with van der Waals surface area (Å²) in [5.41, 5.74) is 0.404. The Morgan fingerprint density at radius 3 is 2.50 bits per heavy atom. The van der Waals surface area contributed by atoms with Crippen LogP contribution in [0.5, 0.6) is 0 Å². The standard InChI is InChI=1S/C14H24O2/c1-5-14(4,16)10-8-6-7-9-12(2)11-13(3)15/h5,9,16H,1,6-8,10-11H2,2-4H3. The lowest BCUT2D eigenvalue weighted by molar-refractivity contribution is -0.116. The molecule has 0 aromatic rings. The van der Waals surface area contributed by atoms with Crippen LogP contribution in [0.2, 0.25) is 0 Å². The summed E-state index contributed by atoms with van der Waals surface area (Å²) >= 11 is 0. The summed E-state index contributed by atoms with van der Waals surface area (Å²) in [6.45, 7) is 8.96. The molecule has 2 nitrogen and oxygen atoms in total. The normalized spacial score (nSPS) is 15.6. The van der Waals surface area contributed by atoms with Gasteiger partial charge < -0.3 is 5.11 Å². The first-order valence-electron chi connectivity index (χ1n) is 5.88. The molecule has 0 radical (unpaired) electrons. The molecular formula is C14H24O2. The molecule has 0 saturated heterocycles. The van der Waals surface area contributed by atoms with Gasteiger partial charge in [-0.3, -0.25) is 4.79 Å². The van der Waals surface area contributed by atoms with Gasteiger partial charge in [0.15, 0.2) is 0 Å². The summed E-state index contributed by atoms with van der Waals surface area (Å²) in [6.07, 6.45) is 8.00. The molecule has 16 heavy (non-hydrogen) atoms. The zero-order valence-electron chi connectivity index (χ0n) is 10.8. The Labute approximate surface area is 99.1 Å². The zero-order chi connectivity index (χ0) is 12.6. The third-order valence-corrected chi connectivity index (χ3v) is 2.60. The van der Waals surface area contributed by atoms with E-state index in [2.05, 4.69) is 12.7 Å². The van der Waals surface area contributed by atoms with Crippen LogP contribution in [0, 0.1) is 0 Å². The van der Waals surface area contributed by atoms with E-state index in [0.717, 1.165) is 31.3 Å². The molecule has 0 amide bonds. The Bertz CT molecular complexity index is 262. The van der Waals surface area contributed by atoms with E-state index in [0.29, 0.717) is 6.42 Å². The molecule has 1 N–H and O–H groups in total. The quantitative estimate of drug-likeness (QED) is 0.507. The third-order valence-electron chi connectivity index (χ3n) is 2.60. The lowest BCUT2D eigenvalue weighted by atomic mass is 9.98. The van der Waals surface area contributed by atoms with Crippen molar-refractivity contribution in [1.29, 1.82) is 0 Å². The summed E-state index contributed by atoms with van der Waals surface area (Å²) in [5.74, 6) is 0.211. The molecule has 0 rings (SSSR count). The fraction of sp³-hybridized carbons (Fsp3) is 0.643. The van der Waals surface area contributed by atoms with Gasteiger partial charge in [0.1, 0.15) is 5.78 Å². The van der Waals surface area contributed by atoms with Gasteiger partial charge in [-0.25, -0.2) is 0 Å². The second kappa shape index (κ2) is 7.39. The van der Waals surface area contributed by atoms with Crippen LogP contribution < -0.4 is 0 Å². The molecule has 1 unspecified atom stereocenters. The summed E-state index contributed by atoms with van der Waals surface area (Å²) in [4.78, 5) is 10.8. The average Bonchev–Trinajstić information content (AvgIpc) is 2.16. The number of ketones is 1. The largest absolute Gasteiger partial charge is 0.386 e. The van der Waals surface area contributed by atoms with Crippen LogP contribution in [0.4, 0.5) is 0 Å². The van der Waals surface area contributed by atoms with Gasteiger partial charge in [0.2, 0.25) is 0 Å². The molecule has 0 spiro atoms. The predicted octanol–water partition coefficient (Wildman–Crippen LogP) is 3.41. The first-order chi connectivity index (χ1) is 7.37. The van der Waals surface area contributed by atoms with Crippen LogP contribution in [0.25, 0.3) is 0 Å². The lowest BCUT2D eigenvalue weighted by Crippen LogP contribution is -2.19. The molecule has 1 atom stereocenters. The van der Waals surface area contributed by atoms with Gasteiger partial charge in [-0.1, -0.05) is 17.7 Å². The molecule has 92 valence electrons. The number of rotatable bonds is 8. The molecule has 0 aromatic heterocycles. The number of aliphatic hydroxyl groups is 1. The summed E-state index contributed by atoms with van der Waals surface area (Å²) in [5, 5.41) is 9.67. The highest BCUT2D eigenvalue weighted by atomic mass is 16.3. The smallest absolute Gasteiger partial charge is 0.133 e. The van der Waals surface area contributed by atoms with E-state index in [1.165, 1.54) is 0 Å². The van der Waals surface area contributed by atoms with Crippen molar-refractivity contribution in [2.45, 2.75) is 58.5 Å². The van der Waals surface area contributed by atoms with Crippen molar-refractivity contribution in [3.63, 3.8) is 0 Å². The van der Waals surface area contributed by atoms with Crippen LogP contribution in [0.15, 0.2) is 24.3 Å². The molecule has 0 fully saturated rings. The minimum absolute atomic E-state index is 0.211. The highest BCUT2D eigenvalue weighted by Crippen LogP contribution is 2.15. The third kappa shape index (κ3) is 8.42. The topological polar surface area (TPSA) is 37.3 Å².